The summed E-state index contributed by atoms with van der Waals surface area (Å²) >= 11 is 0. The van der Waals surface area contributed by atoms with E-state index in [9.17, 15) is 9.90 Å². The Bertz CT molecular complexity index is 380. The number of likely N-dealkylation sites (N-methyl/N-ethyl adjacent to an activating group) is 1. The molecule has 17 heavy (non-hydrogen) atoms. The van der Waals surface area contributed by atoms with E-state index in [4.69, 9.17) is 0 Å². The summed E-state index contributed by atoms with van der Waals surface area (Å²) in [6.45, 7) is 4.65. The van der Waals surface area contributed by atoms with Gasteiger partial charge in [-0.1, -0.05) is 0 Å². The first kappa shape index (κ1) is 13.4. The van der Waals surface area contributed by atoms with Gasteiger partial charge in [-0.2, -0.15) is 0 Å². The molecule has 1 unspecified atom stereocenters. The van der Waals surface area contributed by atoms with Crippen LogP contribution < -0.4 is 5.32 Å². The minimum Gasteiger partial charge on any atom is -0.392 e. The van der Waals surface area contributed by atoms with Crippen LogP contribution in [0.4, 0.5) is 5.69 Å². The second-order valence-corrected chi connectivity index (χ2v) is 3.99. The highest BCUT2D eigenvalue weighted by molar-refractivity contribution is 5.99. The summed E-state index contributed by atoms with van der Waals surface area (Å²) in [6.07, 6.45) is 2.69. The van der Waals surface area contributed by atoms with Crippen LogP contribution in [-0.4, -0.2) is 47.1 Å². The molecule has 0 bridgehead atoms. The summed E-state index contributed by atoms with van der Waals surface area (Å²) in [6, 6.07) is 1.68. The number of nitrogens with zero attached hydrogens (tertiary/aromatic N) is 2. The van der Waals surface area contributed by atoms with Crippen LogP contribution in [0.1, 0.15) is 24.2 Å². The van der Waals surface area contributed by atoms with Crippen molar-refractivity contribution >= 4 is 11.6 Å². The maximum atomic E-state index is 12.1. The average Bonchev–Trinajstić information content (AvgIpc) is 2.28. The first-order chi connectivity index (χ1) is 8.06. The Hall–Kier alpha value is -1.62. The van der Waals surface area contributed by atoms with Crippen molar-refractivity contribution in [1.82, 2.24) is 9.88 Å². The topological polar surface area (TPSA) is 65.5 Å². The minimum absolute atomic E-state index is 0.121. The summed E-state index contributed by atoms with van der Waals surface area (Å²) in [5, 5.41) is 12.4. The molecule has 1 rings (SSSR count). The van der Waals surface area contributed by atoms with Gasteiger partial charge in [0.2, 0.25) is 0 Å². The Morgan fingerprint density at radius 2 is 2.35 bits per heavy atom. The molecule has 1 aromatic rings. The van der Waals surface area contributed by atoms with Crippen molar-refractivity contribution in [2.45, 2.75) is 20.0 Å². The fourth-order valence-corrected chi connectivity index (χ4v) is 1.60. The Balaban J connectivity index is 2.87. The summed E-state index contributed by atoms with van der Waals surface area (Å²) in [5.41, 5.74) is 1.29. The molecular weight excluding hydrogens is 218 g/mol. The van der Waals surface area contributed by atoms with Crippen LogP contribution >= 0.6 is 0 Å². The highest BCUT2D eigenvalue weighted by atomic mass is 16.3. The molecule has 1 aromatic heterocycles. The van der Waals surface area contributed by atoms with Crippen molar-refractivity contribution < 1.29 is 9.90 Å². The van der Waals surface area contributed by atoms with Gasteiger partial charge in [-0.25, -0.2) is 0 Å². The van der Waals surface area contributed by atoms with Gasteiger partial charge < -0.3 is 15.3 Å². The predicted molar refractivity (Wildman–Crippen MR) is 67.0 cm³/mol. The lowest BCUT2D eigenvalue weighted by molar-refractivity contribution is 0.0704. The summed E-state index contributed by atoms with van der Waals surface area (Å²) in [4.78, 5) is 17.6. The van der Waals surface area contributed by atoms with E-state index in [1.54, 1.807) is 32.4 Å². The predicted octanol–water partition coefficient (Wildman–Crippen LogP) is 0.966. The summed E-state index contributed by atoms with van der Waals surface area (Å²) in [5.74, 6) is -0.121. The molecule has 0 saturated carbocycles. The molecule has 1 heterocycles. The SMILES string of the molecule is CCNc1cnccc1C(=O)N(C)CC(C)O. The maximum absolute atomic E-state index is 12.1. The fraction of sp³-hybridized carbons (Fsp3) is 0.500. The summed E-state index contributed by atoms with van der Waals surface area (Å²) < 4.78 is 0. The van der Waals surface area contributed by atoms with Gasteiger partial charge in [0.1, 0.15) is 0 Å². The normalized spacial score (nSPS) is 12.0. The number of nitrogens with one attached hydrogen (secondary N) is 1. The first-order valence-electron chi connectivity index (χ1n) is 5.67. The molecule has 0 aliphatic heterocycles. The zero-order valence-electron chi connectivity index (χ0n) is 10.5. The molecule has 5 heteroatoms. The number of aliphatic hydroxyl groups excluding tert-OH is 1. The molecule has 0 aliphatic carbocycles. The average molecular weight is 237 g/mol. The smallest absolute Gasteiger partial charge is 0.255 e. The third-order valence-corrected chi connectivity index (χ3v) is 2.30. The second-order valence-electron chi connectivity index (χ2n) is 3.99. The van der Waals surface area contributed by atoms with Crippen molar-refractivity contribution in [3.63, 3.8) is 0 Å². The van der Waals surface area contributed by atoms with Crippen LogP contribution in [0.3, 0.4) is 0 Å². The molecular formula is C12H19N3O2. The lowest BCUT2D eigenvalue weighted by Crippen LogP contribution is -2.33. The van der Waals surface area contributed by atoms with Crippen LogP contribution in [0.5, 0.6) is 0 Å². The van der Waals surface area contributed by atoms with E-state index in [1.807, 2.05) is 6.92 Å². The van der Waals surface area contributed by atoms with Crippen LogP contribution in [0, 0.1) is 0 Å². The van der Waals surface area contributed by atoms with Crippen LogP contribution in [-0.2, 0) is 0 Å². The van der Waals surface area contributed by atoms with E-state index in [0.717, 1.165) is 12.2 Å². The van der Waals surface area contributed by atoms with E-state index < -0.39 is 6.10 Å². The standard InChI is InChI=1S/C12H19N3O2/c1-4-14-11-7-13-6-5-10(11)12(17)15(3)8-9(2)16/h5-7,9,14,16H,4,8H2,1-3H3. The summed E-state index contributed by atoms with van der Waals surface area (Å²) in [7, 11) is 1.67. The molecule has 0 saturated heterocycles. The third-order valence-electron chi connectivity index (χ3n) is 2.30. The highest BCUT2D eigenvalue weighted by Gasteiger charge is 2.16. The van der Waals surface area contributed by atoms with E-state index in [-0.39, 0.29) is 5.91 Å². The number of aliphatic hydroxyl groups is 1. The van der Waals surface area contributed by atoms with Crippen LogP contribution in [0.25, 0.3) is 0 Å². The lowest BCUT2D eigenvalue weighted by Gasteiger charge is -2.20. The molecule has 0 aromatic carbocycles. The van der Waals surface area contributed by atoms with Gasteiger partial charge in [-0.15, -0.1) is 0 Å². The molecule has 0 fully saturated rings. The van der Waals surface area contributed by atoms with Gasteiger partial charge in [0.15, 0.2) is 0 Å². The number of anilines is 1. The number of amides is 1. The van der Waals surface area contributed by atoms with Gasteiger partial charge in [0.25, 0.3) is 5.91 Å². The molecule has 0 aliphatic rings. The largest absolute Gasteiger partial charge is 0.392 e. The minimum atomic E-state index is -0.534. The molecule has 1 amide bonds. The zero-order valence-corrected chi connectivity index (χ0v) is 10.5. The van der Waals surface area contributed by atoms with Crippen LogP contribution in [0.15, 0.2) is 18.5 Å². The van der Waals surface area contributed by atoms with Gasteiger partial charge in [-0.3, -0.25) is 9.78 Å². The zero-order chi connectivity index (χ0) is 12.8. The molecule has 1 atom stereocenters. The monoisotopic (exact) mass is 237 g/mol. The molecule has 0 radical (unpaired) electrons. The van der Waals surface area contributed by atoms with Crippen molar-refractivity contribution in [3.8, 4) is 0 Å². The van der Waals surface area contributed by atoms with Gasteiger partial charge in [-0.05, 0) is 19.9 Å². The number of hydrogen-bond donors (Lipinski definition) is 2. The fourth-order valence-electron chi connectivity index (χ4n) is 1.60. The quantitative estimate of drug-likeness (QED) is 0.800. The number of carbonyl (C=O) groups excluding carboxylic acids is 1. The van der Waals surface area contributed by atoms with E-state index in [1.165, 1.54) is 4.90 Å². The lowest BCUT2D eigenvalue weighted by atomic mass is 10.2. The van der Waals surface area contributed by atoms with Crippen LogP contribution in [0.2, 0.25) is 0 Å². The van der Waals surface area contributed by atoms with Crippen molar-refractivity contribution in [2.75, 3.05) is 25.5 Å². The number of hydrogen-bond acceptors (Lipinski definition) is 4. The maximum Gasteiger partial charge on any atom is 0.255 e. The van der Waals surface area contributed by atoms with Gasteiger partial charge in [0.05, 0.1) is 23.6 Å². The Labute approximate surface area is 101 Å². The molecule has 2 N–H and O–H groups in total. The van der Waals surface area contributed by atoms with Crippen molar-refractivity contribution in [1.29, 1.82) is 0 Å². The first-order valence-corrected chi connectivity index (χ1v) is 5.67. The Morgan fingerprint density at radius 3 is 2.94 bits per heavy atom. The number of rotatable bonds is 5. The molecule has 0 spiro atoms. The Kier molecular flexibility index (Phi) is 4.90. The van der Waals surface area contributed by atoms with E-state index in [0.29, 0.717) is 12.1 Å². The van der Waals surface area contributed by atoms with Gasteiger partial charge >= 0.3 is 0 Å². The highest BCUT2D eigenvalue weighted by Crippen LogP contribution is 2.15. The third kappa shape index (κ3) is 3.71. The van der Waals surface area contributed by atoms with E-state index in [2.05, 4.69) is 10.3 Å². The number of carbonyl (C=O) groups is 1. The molecule has 5 nitrogen and oxygen atoms in total. The van der Waals surface area contributed by atoms with Gasteiger partial charge in [0, 0.05) is 26.3 Å². The van der Waals surface area contributed by atoms with E-state index >= 15 is 0 Å². The van der Waals surface area contributed by atoms with Crippen molar-refractivity contribution in [2.24, 2.45) is 0 Å². The second kappa shape index (κ2) is 6.20. The van der Waals surface area contributed by atoms with Crippen molar-refractivity contribution in [3.05, 3.63) is 24.0 Å². The Morgan fingerprint density at radius 1 is 1.65 bits per heavy atom. The number of aromatic nitrogens is 1. The molecule has 94 valence electrons. The number of pyridine rings is 1.